The summed E-state index contributed by atoms with van der Waals surface area (Å²) in [5.41, 5.74) is 0. The maximum Gasteiger partial charge on any atom is 0.0564 e. The van der Waals surface area contributed by atoms with E-state index in [0.29, 0.717) is 0 Å². The first-order chi connectivity index (χ1) is 7.81. The van der Waals surface area contributed by atoms with Crippen molar-refractivity contribution in [2.24, 2.45) is 0 Å². The van der Waals surface area contributed by atoms with Crippen molar-refractivity contribution in [3.63, 3.8) is 0 Å². The van der Waals surface area contributed by atoms with Gasteiger partial charge in [0.25, 0.3) is 0 Å². The van der Waals surface area contributed by atoms with E-state index in [4.69, 9.17) is 5.11 Å². The van der Waals surface area contributed by atoms with E-state index < -0.39 is 0 Å². The van der Waals surface area contributed by atoms with Crippen LogP contribution in [0.3, 0.4) is 0 Å². The molecule has 0 aromatic heterocycles. The van der Waals surface area contributed by atoms with Crippen molar-refractivity contribution in [1.29, 1.82) is 0 Å². The number of hydrogen-bond donors (Lipinski definition) is 2. The average Bonchev–Trinajstić information content (AvgIpc) is 2.31. The predicted molar refractivity (Wildman–Crippen MR) is 71.8 cm³/mol. The van der Waals surface area contributed by atoms with Crippen LogP contribution in [-0.4, -0.2) is 24.3 Å². The topological polar surface area (TPSA) is 32.3 Å². The van der Waals surface area contributed by atoms with Gasteiger partial charge in [0.1, 0.15) is 0 Å². The van der Waals surface area contributed by atoms with Crippen LogP contribution in [0.15, 0.2) is 0 Å². The molecule has 0 saturated carbocycles. The highest BCUT2D eigenvalue weighted by Crippen LogP contribution is 2.05. The minimum atomic E-state index is -0.0266. The van der Waals surface area contributed by atoms with Crippen molar-refractivity contribution in [3.05, 3.63) is 0 Å². The molecule has 1 saturated heterocycles. The number of aliphatic hydroxyl groups is 1. The van der Waals surface area contributed by atoms with E-state index in [1.165, 1.54) is 44.9 Å². The molecule has 0 aliphatic carbocycles. The van der Waals surface area contributed by atoms with Crippen LogP contribution in [0.25, 0.3) is 0 Å². The monoisotopic (exact) mass is 229 g/mol. The summed E-state index contributed by atoms with van der Waals surface area (Å²) >= 11 is 0. The van der Waals surface area contributed by atoms with Crippen LogP contribution in [0.2, 0.25) is 0 Å². The summed E-state index contributed by atoms with van der Waals surface area (Å²) in [5, 5.41) is 12.0. The predicted octanol–water partition coefficient (Wildman–Crippen LogP) is 3.49. The molecule has 2 heteroatoms. The van der Waals surface area contributed by atoms with Gasteiger partial charge in [0, 0.05) is 0 Å². The maximum atomic E-state index is 8.87. The van der Waals surface area contributed by atoms with Gasteiger partial charge < -0.3 is 10.4 Å². The van der Waals surface area contributed by atoms with Crippen molar-refractivity contribution in [1.82, 2.24) is 5.32 Å². The summed E-state index contributed by atoms with van der Waals surface area (Å²) in [6.07, 6.45) is 11.8. The van der Waals surface area contributed by atoms with Gasteiger partial charge in [-0.25, -0.2) is 0 Å². The minimum Gasteiger partial charge on any atom is -0.393 e. The lowest BCUT2D eigenvalue weighted by Crippen LogP contribution is -2.30. The number of hydrogen-bond acceptors (Lipinski definition) is 2. The second-order valence-corrected chi connectivity index (χ2v) is 4.75. The van der Waals surface area contributed by atoms with Gasteiger partial charge >= 0.3 is 0 Å². The molecule has 2 nitrogen and oxygen atoms in total. The highest BCUT2D eigenvalue weighted by Gasteiger charge is 2.06. The van der Waals surface area contributed by atoms with Gasteiger partial charge in [-0.1, -0.05) is 58.8 Å². The summed E-state index contributed by atoms with van der Waals surface area (Å²) < 4.78 is 0. The average molecular weight is 229 g/mol. The quantitative estimate of drug-likeness (QED) is 0.683. The normalized spacial score (nSPS) is 16.7. The Hall–Kier alpha value is -0.0800. The Balaban J connectivity index is 0.000000288. The fourth-order valence-corrected chi connectivity index (χ4v) is 1.84. The fraction of sp³-hybridized carbons (Fsp3) is 1.00. The Labute approximate surface area is 102 Å². The third kappa shape index (κ3) is 12.0. The summed E-state index contributed by atoms with van der Waals surface area (Å²) in [5.74, 6) is 0. The number of aliphatic hydroxyl groups excluding tert-OH is 1. The Bertz CT molecular complexity index is 116. The molecule has 0 bridgehead atoms. The van der Waals surface area contributed by atoms with Crippen molar-refractivity contribution in [2.75, 3.05) is 13.1 Å². The highest BCUT2D eigenvalue weighted by molar-refractivity contribution is 4.65. The van der Waals surface area contributed by atoms with E-state index in [1.54, 1.807) is 0 Å². The molecule has 1 heterocycles. The molecule has 0 aromatic rings. The Morgan fingerprint density at radius 1 is 0.875 bits per heavy atom. The van der Waals surface area contributed by atoms with Crippen LogP contribution in [0.5, 0.6) is 0 Å². The summed E-state index contributed by atoms with van der Waals surface area (Å²) in [6.45, 7) is 6.50. The largest absolute Gasteiger partial charge is 0.393 e. The van der Waals surface area contributed by atoms with E-state index in [-0.39, 0.29) is 6.10 Å². The zero-order valence-corrected chi connectivity index (χ0v) is 11.3. The maximum absolute atomic E-state index is 8.87. The van der Waals surface area contributed by atoms with E-state index in [1.807, 2.05) is 0 Å². The third-order valence-electron chi connectivity index (χ3n) is 3.02. The first kappa shape index (κ1) is 15.9. The second-order valence-electron chi connectivity index (χ2n) is 4.75. The van der Waals surface area contributed by atoms with Crippen molar-refractivity contribution >= 4 is 0 Å². The SMILES string of the molecule is CCCCCCCCC.OC1CCNCC1. The van der Waals surface area contributed by atoms with Gasteiger partial charge in [-0.2, -0.15) is 0 Å². The second kappa shape index (κ2) is 13.0. The van der Waals surface area contributed by atoms with Crippen LogP contribution in [0.4, 0.5) is 0 Å². The van der Waals surface area contributed by atoms with Gasteiger partial charge in [0.2, 0.25) is 0 Å². The van der Waals surface area contributed by atoms with Crippen LogP contribution >= 0.6 is 0 Å². The molecule has 1 aliphatic heterocycles. The van der Waals surface area contributed by atoms with Crippen molar-refractivity contribution in [3.8, 4) is 0 Å². The third-order valence-corrected chi connectivity index (χ3v) is 3.02. The van der Waals surface area contributed by atoms with Crippen LogP contribution in [-0.2, 0) is 0 Å². The summed E-state index contributed by atoms with van der Waals surface area (Å²) in [6, 6.07) is 0. The molecule has 1 aliphatic rings. The van der Waals surface area contributed by atoms with E-state index in [2.05, 4.69) is 19.2 Å². The Kier molecular flexibility index (Phi) is 12.9. The van der Waals surface area contributed by atoms with Crippen molar-refractivity contribution < 1.29 is 5.11 Å². The summed E-state index contributed by atoms with van der Waals surface area (Å²) in [7, 11) is 0. The first-order valence-corrected chi connectivity index (χ1v) is 7.20. The zero-order chi connectivity index (χ0) is 12.1. The molecule has 98 valence electrons. The fourth-order valence-electron chi connectivity index (χ4n) is 1.84. The molecular formula is C14H31NO. The smallest absolute Gasteiger partial charge is 0.0564 e. The van der Waals surface area contributed by atoms with Gasteiger partial charge in [-0.15, -0.1) is 0 Å². The zero-order valence-electron chi connectivity index (χ0n) is 11.3. The van der Waals surface area contributed by atoms with Crippen LogP contribution in [0, 0.1) is 0 Å². The molecule has 0 unspecified atom stereocenters. The minimum absolute atomic E-state index is 0.0266. The van der Waals surface area contributed by atoms with Crippen LogP contribution < -0.4 is 5.32 Å². The van der Waals surface area contributed by atoms with E-state index in [0.717, 1.165) is 25.9 Å². The lowest BCUT2D eigenvalue weighted by molar-refractivity contribution is 0.137. The van der Waals surface area contributed by atoms with Gasteiger partial charge in [0.05, 0.1) is 6.10 Å². The van der Waals surface area contributed by atoms with E-state index >= 15 is 0 Å². The number of unbranched alkanes of at least 4 members (excludes halogenated alkanes) is 6. The Morgan fingerprint density at radius 2 is 1.31 bits per heavy atom. The molecule has 2 N–H and O–H groups in total. The van der Waals surface area contributed by atoms with Crippen molar-refractivity contribution in [2.45, 2.75) is 77.7 Å². The molecule has 0 amide bonds. The number of piperidine rings is 1. The molecule has 16 heavy (non-hydrogen) atoms. The van der Waals surface area contributed by atoms with E-state index in [9.17, 15) is 0 Å². The van der Waals surface area contributed by atoms with Gasteiger partial charge in [-0.3, -0.25) is 0 Å². The highest BCUT2D eigenvalue weighted by atomic mass is 16.3. The molecule has 0 radical (unpaired) electrons. The molecule has 0 aromatic carbocycles. The molecule has 0 spiro atoms. The van der Waals surface area contributed by atoms with Crippen LogP contribution in [0.1, 0.15) is 71.6 Å². The number of rotatable bonds is 6. The summed E-state index contributed by atoms with van der Waals surface area (Å²) in [4.78, 5) is 0. The Morgan fingerprint density at radius 3 is 1.62 bits per heavy atom. The molecule has 1 fully saturated rings. The number of nitrogens with one attached hydrogen (secondary N) is 1. The lowest BCUT2D eigenvalue weighted by Gasteiger charge is -2.16. The molecule has 0 atom stereocenters. The lowest BCUT2D eigenvalue weighted by atomic mass is 10.1. The standard InChI is InChI=1S/C9H20.C5H11NO/c1-3-5-7-9-8-6-4-2;7-5-1-3-6-4-2-5/h3-9H2,1-2H3;5-7H,1-4H2. The molecular weight excluding hydrogens is 198 g/mol. The molecule has 1 rings (SSSR count). The van der Waals surface area contributed by atoms with Gasteiger partial charge in [-0.05, 0) is 25.9 Å². The van der Waals surface area contributed by atoms with Gasteiger partial charge in [0.15, 0.2) is 0 Å². The first-order valence-electron chi connectivity index (χ1n) is 7.20.